The number of hydrogen-bond donors (Lipinski definition) is 2. The van der Waals surface area contributed by atoms with Crippen molar-refractivity contribution in [1.29, 1.82) is 0 Å². The Morgan fingerprint density at radius 1 is 1.44 bits per heavy atom. The van der Waals surface area contributed by atoms with Crippen LogP contribution in [0.25, 0.3) is 0 Å². The minimum absolute atomic E-state index is 0.648. The fourth-order valence-corrected chi connectivity index (χ4v) is 1.16. The largest absolute Gasteiger partial charge is 0.390 e. The fourth-order valence-electron chi connectivity index (χ4n) is 1.16. The van der Waals surface area contributed by atoms with E-state index in [0.717, 1.165) is 5.82 Å². The number of nitrogens with one attached hydrogen (secondary N) is 1. The van der Waals surface area contributed by atoms with E-state index in [1.54, 1.807) is 20.0 Å². The summed E-state index contributed by atoms with van der Waals surface area (Å²) in [4.78, 5) is 10.3. The van der Waals surface area contributed by atoms with Crippen molar-refractivity contribution in [3.63, 3.8) is 0 Å². The lowest BCUT2D eigenvalue weighted by Gasteiger charge is -2.17. The van der Waals surface area contributed by atoms with Crippen molar-refractivity contribution in [2.24, 2.45) is 0 Å². The van der Waals surface area contributed by atoms with Gasteiger partial charge in [0.15, 0.2) is 0 Å². The predicted molar refractivity (Wildman–Crippen MR) is 65.8 cm³/mol. The molecule has 0 radical (unpaired) electrons. The zero-order chi connectivity index (χ0) is 12.2. The molecule has 0 saturated heterocycles. The van der Waals surface area contributed by atoms with E-state index in [1.807, 2.05) is 25.1 Å². The number of rotatable bonds is 5. The van der Waals surface area contributed by atoms with Gasteiger partial charge in [0.2, 0.25) is 5.95 Å². The first-order chi connectivity index (χ1) is 7.38. The standard InChI is InChI=1S/C11H20N4O/c1-11(2,16)6-8-12-9-5-7-13-10(14-9)15(3)4/h5,7,16H,6,8H2,1-4H3,(H,12,13,14). The van der Waals surface area contributed by atoms with E-state index in [0.29, 0.717) is 18.9 Å². The summed E-state index contributed by atoms with van der Waals surface area (Å²) in [6, 6.07) is 1.82. The summed E-state index contributed by atoms with van der Waals surface area (Å²) in [7, 11) is 3.80. The van der Waals surface area contributed by atoms with Gasteiger partial charge in [-0.05, 0) is 26.3 Å². The van der Waals surface area contributed by atoms with Gasteiger partial charge in [-0.2, -0.15) is 4.98 Å². The van der Waals surface area contributed by atoms with Crippen LogP contribution in [0.15, 0.2) is 12.3 Å². The van der Waals surface area contributed by atoms with Crippen LogP contribution in [0.2, 0.25) is 0 Å². The first-order valence-electron chi connectivity index (χ1n) is 5.35. The molecule has 5 heteroatoms. The normalized spacial score (nSPS) is 11.3. The molecule has 0 spiro atoms. The Balaban J connectivity index is 2.51. The summed E-state index contributed by atoms with van der Waals surface area (Å²) in [6.45, 7) is 4.27. The SMILES string of the molecule is CN(C)c1nccc(NCCC(C)(C)O)n1. The minimum Gasteiger partial charge on any atom is -0.390 e. The molecule has 1 aromatic rings. The molecular formula is C11H20N4O. The maximum absolute atomic E-state index is 9.56. The van der Waals surface area contributed by atoms with Crippen molar-refractivity contribution in [1.82, 2.24) is 9.97 Å². The molecule has 0 aliphatic carbocycles. The van der Waals surface area contributed by atoms with Gasteiger partial charge in [0.05, 0.1) is 5.60 Å². The molecule has 1 aromatic heterocycles. The molecule has 90 valence electrons. The number of hydrogen-bond acceptors (Lipinski definition) is 5. The molecule has 16 heavy (non-hydrogen) atoms. The van der Waals surface area contributed by atoms with Crippen LogP contribution in [0.3, 0.4) is 0 Å². The van der Waals surface area contributed by atoms with Crippen molar-refractivity contribution < 1.29 is 5.11 Å². The molecule has 0 saturated carbocycles. The highest BCUT2D eigenvalue weighted by molar-refractivity contribution is 5.40. The third-order valence-corrected chi connectivity index (χ3v) is 2.09. The molecule has 0 aliphatic rings. The molecule has 0 aliphatic heterocycles. The number of aliphatic hydroxyl groups is 1. The van der Waals surface area contributed by atoms with E-state index < -0.39 is 5.60 Å². The van der Waals surface area contributed by atoms with Crippen LogP contribution in [-0.2, 0) is 0 Å². The lowest BCUT2D eigenvalue weighted by atomic mass is 10.1. The lowest BCUT2D eigenvalue weighted by Crippen LogP contribution is -2.23. The van der Waals surface area contributed by atoms with E-state index in [1.165, 1.54) is 0 Å². The maximum atomic E-state index is 9.56. The third kappa shape index (κ3) is 4.44. The van der Waals surface area contributed by atoms with Gasteiger partial charge >= 0.3 is 0 Å². The van der Waals surface area contributed by atoms with Crippen LogP contribution in [0.5, 0.6) is 0 Å². The van der Waals surface area contributed by atoms with Gasteiger partial charge in [-0.1, -0.05) is 0 Å². The summed E-state index contributed by atoms with van der Waals surface area (Å²) in [6.07, 6.45) is 2.39. The van der Waals surface area contributed by atoms with Crippen LogP contribution >= 0.6 is 0 Å². The average Bonchev–Trinajstić information content (AvgIpc) is 2.16. The van der Waals surface area contributed by atoms with Gasteiger partial charge in [-0.15, -0.1) is 0 Å². The van der Waals surface area contributed by atoms with E-state index in [4.69, 9.17) is 0 Å². The monoisotopic (exact) mass is 224 g/mol. The molecule has 0 fully saturated rings. The van der Waals surface area contributed by atoms with Gasteiger partial charge in [0, 0.05) is 26.8 Å². The van der Waals surface area contributed by atoms with E-state index in [9.17, 15) is 5.11 Å². The Morgan fingerprint density at radius 2 is 2.12 bits per heavy atom. The van der Waals surface area contributed by atoms with Gasteiger partial charge in [-0.25, -0.2) is 4.98 Å². The zero-order valence-corrected chi connectivity index (χ0v) is 10.4. The Morgan fingerprint density at radius 3 is 2.69 bits per heavy atom. The highest BCUT2D eigenvalue weighted by Crippen LogP contribution is 2.10. The van der Waals surface area contributed by atoms with Gasteiger partial charge in [-0.3, -0.25) is 0 Å². The molecule has 1 rings (SSSR count). The summed E-state index contributed by atoms with van der Waals surface area (Å²) in [5.41, 5.74) is -0.648. The van der Waals surface area contributed by atoms with Crippen LogP contribution in [0.4, 0.5) is 11.8 Å². The summed E-state index contributed by atoms with van der Waals surface area (Å²) >= 11 is 0. The van der Waals surface area contributed by atoms with E-state index >= 15 is 0 Å². The van der Waals surface area contributed by atoms with Crippen molar-refractivity contribution in [3.05, 3.63) is 12.3 Å². The fraction of sp³-hybridized carbons (Fsp3) is 0.636. The van der Waals surface area contributed by atoms with Crippen LogP contribution in [0.1, 0.15) is 20.3 Å². The molecule has 0 unspecified atom stereocenters. The minimum atomic E-state index is -0.648. The average molecular weight is 224 g/mol. The number of anilines is 2. The highest BCUT2D eigenvalue weighted by Gasteiger charge is 2.11. The Bertz CT molecular complexity index is 333. The first-order valence-corrected chi connectivity index (χ1v) is 5.35. The molecule has 0 amide bonds. The van der Waals surface area contributed by atoms with Crippen molar-refractivity contribution >= 4 is 11.8 Å². The quantitative estimate of drug-likeness (QED) is 0.784. The number of nitrogens with zero attached hydrogens (tertiary/aromatic N) is 3. The molecule has 1 heterocycles. The molecule has 0 atom stereocenters. The second-order valence-electron chi connectivity index (χ2n) is 4.63. The van der Waals surface area contributed by atoms with Crippen LogP contribution in [-0.4, -0.2) is 41.3 Å². The van der Waals surface area contributed by atoms with Gasteiger partial charge in [0.25, 0.3) is 0 Å². The van der Waals surface area contributed by atoms with Crippen molar-refractivity contribution in [2.75, 3.05) is 30.9 Å². The van der Waals surface area contributed by atoms with Gasteiger partial charge in [0.1, 0.15) is 5.82 Å². The summed E-state index contributed by atoms with van der Waals surface area (Å²) in [5, 5.41) is 12.7. The van der Waals surface area contributed by atoms with Gasteiger partial charge < -0.3 is 15.3 Å². The van der Waals surface area contributed by atoms with E-state index in [-0.39, 0.29) is 0 Å². The molecule has 0 bridgehead atoms. The second kappa shape index (κ2) is 5.12. The third-order valence-electron chi connectivity index (χ3n) is 2.09. The Kier molecular flexibility index (Phi) is 4.06. The molecule has 0 aromatic carbocycles. The maximum Gasteiger partial charge on any atom is 0.226 e. The zero-order valence-electron chi connectivity index (χ0n) is 10.4. The van der Waals surface area contributed by atoms with E-state index in [2.05, 4.69) is 15.3 Å². The second-order valence-corrected chi connectivity index (χ2v) is 4.63. The number of aromatic nitrogens is 2. The Hall–Kier alpha value is -1.36. The first kappa shape index (κ1) is 12.7. The highest BCUT2D eigenvalue weighted by atomic mass is 16.3. The van der Waals surface area contributed by atoms with Crippen molar-refractivity contribution in [2.45, 2.75) is 25.9 Å². The topological polar surface area (TPSA) is 61.3 Å². The predicted octanol–water partition coefficient (Wildman–Crippen LogP) is 1.12. The summed E-state index contributed by atoms with van der Waals surface area (Å²) in [5.74, 6) is 1.45. The van der Waals surface area contributed by atoms with Crippen LogP contribution in [0, 0.1) is 0 Å². The van der Waals surface area contributed by atoms with Crippen LogP contribution < -0.4 is 10.2 Å². The Labute approximate surface area is 96.5 Å². The smallest absolute Gasteiger partial charge is 0.226 e. The molecule has 2 N–H and O–H groups in total. The summed E-state index contributed by atoms with van der Waals surface area (Å²) < 4.78 is 0. The molecular weight excluding hydrogens is 204 g/mol. The molecule has 5 nitrogen and oxygen atoms in total. The lowest BCUT2D eigenvalue weighted by molar-refractivity contribution is 0.0748. The van der Waals surface area contributed by atoms with Crippen molar-refractivity contribution in [3.8, 4) is 0 Å².